The monoisotopic (exact) mass is 1060 g/mol. The molecule has 72 heavy (non-hydrogen) atoms. The molecule has 0 aromatic carbocycles. The Kier molecular flexibility index (Phi) is 99.3. The van der Waals surface area contributed by atoms with Crippen LogP contribution in [0.15, 0.2) is 136 Å². The molecule has 6 aromatic rings. The van der Waals surface area contributed by atoms with Gasteiger partial charge < -0.3 is 13.3 Å². The second-order valence-corrected chi connectivity index (χ2v) is 13.9. The van der Waals surface area contributed by atoms with Crippen LogP contribution in [0.3, 0.4) is 0 Å². The summed E-state index contributed by atoms with van der Waals surface area (Å²) in [6.45, 7) is 53.7. The van der Waals surface area contributed by atoms with Crippen molar-refractivity contribution in [3.63, 3.8) is 0 Å². The van der Waals surface area contributed by atoms with Gasteiger partial charge in [0.25, 0.3) is 0 Å². The molecule has 0 fully saturated rings. The molecule has 9 heterocycles. The molecule has 6 aromatic heterocycles. The molecule has 12 nitrogen and oxygen atoms in total. The van der Waals surface area contributed by atoms with E-state index in [1.807, 2.05) is 226 Å². The molecule has 3 aliphatic heterocycles. The third-order valence-electron chi connectivity index (χ3n) is 5.78. The molecule has 0 N–H and O–H groups in total. The van der Waals surface area contributed by atoms with Crippen LogP contribution in [0.4, 0.5) is 0 Å². The highest BCUT2D eigenvalue weighted by molar-refractivity contribution is 7.09. The minimum Gasteiger partial charge on any atom is -0.452 e. The van der Waals surface area contributed by atoms with Gasteiger partial charge in [0, 0.05) is 96.1 Å². The average Bonchev–Trinajstić information content (AvgIpc) is 4.27. The SMILES string of the molecule is CC.CC.CC.CC.CC.CC.CC.CC.CC.CC1=CCC=N1.CC1=CN=CC1.CC1=NC=CC1.Cc1cnco1.Cc1cncs1.Cc1cocn1.Cc1cscn1.Cc1ncco1.Cc1nccs1. The largest absolute Gasteiger partial charge is 0.452 e. The fraction of sp³-hybridized carbons (Fsp3) is 0.526. The predicted molar refractivity (Wildman–Crippen MR) is 327 cm³/mol. The zero-order valence-corrected chi connectivity index (χ0v) is 52.9. The van der Waals surface area contributed by atoms with Gasteiger partial charge in [-0.1, -0.05) is 137 Å². The van der Waals surface area contributed by atoms with Crippen LogP contribution in [0, 0.1) is 41.5 Å². The van der Waals surface area contributed by atoms with Crippen molar-refractivity contribution >= 4 is 52.2 Å². The normalized spacial score (nSPS) is 9.79. The van der Waals surface area contributed by atoms with Gasteiger partial charge in [-0.3, -0.25) is 29.9 Å². The molecular formula is C57H105N9O3S3. The van der Waals surface area contributed by atoms with Gasteiger partial charge in [0.2, 0.25) is 0 Å². The highest BCUT2D eigenvalue weighted by Crippen LogP contribution is 2.03. The molecular weight excluding hydrogens is 955 g/mol. The number of allylic oxidation sites excluding steroid dienone is 4. The Labute approximate surface area is 454 Å². The quantitative estimate of drug-likeness (QED) is 0.145. The summed E-state index contributed by atoms with van der Waals surface area (Å²) >= 11 is 4.96. The lowest BCUT2D eigenvalue weighted by Crippen LogP contribution is -1.78. The Hall–Kier alpha value is -5.25. The maximum Gasteiger partial charge on any atom is 0.190 e. The molecule has 0 unspecified atom stereocenters. The molecule has 9 rings (SSSR count). The molecule has 0 amide bonds. The van der Waals surface area contributed by atoms with Crippen LogP contribution in [0.1, 0.15) is 198 Å². The third kappa shape index (κ3) is 78.9. The van der Waals surface area contributed by atoms with Crippen LogP contribution in [-0.2, 0) is 0 Å². The van der Waals surface area contributed by atoms with Gasteiger partial charge in [-0.05, 0) is 61.0 Å². The van der Waals surface area contributed by atoms with Crippen molar-refractivity contribution in [3.05, 3.63) is 141 Å². The molecule has 414 valence electrons. The predicted octanol–water partition coefficient (Wildman–Crippen LogP) is 20.6. The average molecular weight is 1060 g/mol. The molecule has 0 saturated heterocycles. The first kappa shape index (κ1) is 86.5. The molecule has 0 spiro atoms. The Morgan fingerprint density at radius 3 is 1.32 bits per heavy atom. The summed E-state index contributed by atoms with van der Waals surface area (Å²) in [4.78, 5) is 36.0. The maximum atomic E-state index is 4.72. The fourth-order valence-electron chi connectivity index (χ4n) is 3.05. The van der Waals surface area contributed by atoms with Gasteiger partial charge in [-0.15, -0.1) is 34.0 Å². The summed E-state index contributed by atoms with van der Waals surface area (Å²) in [6, 6.07) is 0. The fourth-order valence-corrected chi connectivity index (χ4v) is 4.45. The number of oxazole rings is 3. The lowest BCUT2D eigenvalue weighted by atomic mass is 10.3. The van der Waals surface area contributed by atoms with Gasteiger partial charge in [0.15, 0.2) is 18.7 Å². The highest BCUT2D eigenvalue weighted by atomic mass is 32.1. The van der Waals surface area contributed by atoms with Crippen LogP contribution in [0.2, 0.25) is 0 Å². The molecule has 15 heteroatoms. The Morgan fingerprint density at radius 2 is 1.19 bits per heavy atom. The number of aliphatic imine (C=N–C) groups is 3. The summed E-state index contributed by atoms with van der Waals surface area (Å²) < 4.78 is 14.0. The van der Waals surface area contributed by atoms with Crippen LogP contribution in [-0.4, -0.2) is 48.0 Å². The Morgan fingerprint density at radius 1 is 0.569 bits per heavy atom. The van der Waals surface area contributed by atoms with E-state index in [0.717, 1.165) is 53.0 Å². The first-order chi connectivity index (χ1) is 35.0. The van der Waals surface area contributed by atoms with E-state index < -0.39 is 0 Å². The molecule has 0 atom stereocenters. The standard InChI is InChI=1S/3C5H7N.3C4H5NO.3C4H5NS.9C2H6/c1-5-2-3-6-4-5;2*1-5-3-2-4-6-5;1-4-2-6-3-5-4;1-4-2-5-3-6-4;1-4-5-2-3-6-4;1-4-2-6-3-5-4;1-4-2-5-3-6-4;1-4-5-2-3-6-4;9*1-2/h2*3-4H,2H2,1H3;2,4H,3H2,1H3;6*2-3H,1H3;9*1-2H3. The van der Waals surface area contributed by atoms with Crippen molar-refractivity contribution in [2.24, 2.45) is 15.0 Å². The topological polar surface area (TPSA) is 154 Å². The summed E-state index contributed by atoms with van der Waals surface area (Å²) in [6.07, 6.45) is 27.8. The molecule has 0 aliphatic carbocycles. The minimum atomic E-state index is 0.718. The summed E-state index contributed by atoms with van der Waals surface area (Å²) in [7, 11) is 0. The van der Waals surface area contributed by atoms with E-state index in [9.17, 15) is 0 Å². The number of nitrogens with zero attached hydrogens (tertiary/aromatic N) is 9. The lowest BCUT2D eigenvalue weighted by Gasteiger charge is -1.76. The van der Waals surface area contributed by atoms with Crippen molar-refractivity contribution < 1.29 is 13.3 Å². The molecule has 0 radical (unpaired) electrons. The van der Waals surface area contributed by atoms with Gasteiger partial charge >= 0.3 is 0 Å². The van der Waals surface area contributed by atoms with Gasteiger partial charge in [-0.25, -0.2) is 15.0 Å². The van der Waals surface area contributed by atoms with E-state index in [0.29, 0.717) is 0 Å². The third-order valence-corrected chi connectivity index (χ3v) is 7.89. The van der Waals surface area contributed by atoms with Crippen molar-refractivity contribution in [1.29, 1.82) is 0 Å². The van der Waals surface area contributed by atoms with Crippen LogP contribution < -0.4 is 0 Å². The Bertz CT molecular complexity index is 1580. The van der Waals surface area contributed by atoms with Crippen LogP contribution >= 0.6 is 34.0 Å². The van der Waals surface area contributed by atoms with Crippen LogP contribution in [0.25, 0.3) is 0 Å². The first-order valence-corrected chi connectivity index (χ1v) is 28.4. The van der Waals surface area contributed by atoms with E-state index in [1.165, 1.54) is 28.9 Å². The van der Waals surface area contributed by atoms with Crippen molar-refractivity contribution in [1.82, 2.24) is 29.9 Å². The van der Waals surface area contributed by atoms with Gasteiger partial charge in [0.05, 0.1) is 34.1 Å². The zero-order chi connectivity index (χ0) is 57.7. The number of thiazole rings is 3. The van der Waals surface area contributed by atoms with Gasteiger partial charge in [-0.2, -0.15) is 0 Å². The van der Waals surface area contributed by atoms with E-state index in [4.69, 9.17) is 8.83 Å². The van der Waals surface area contributed by atoms with Crippen molar-refractivity contribution in [2.75, 3.05) is 0 Å². The number of hydrogen-bond donors (Lipinski definition) is 0. The smallest absolute Gasteiger partial charge is 0.190 e. The second-order valence-electron chi connectivity index (χ2n) is 10.9. The zero-order valence-electron chi connectivity index (χ0n) is 50.5. The summed E-state index contributed by atoms with van der Waals surface area (Å²) in [5.74, 6) is 1.57. The first-order valence-electron chi connectivity index (χ1n) is 25.7. The lowest BCUT2D eigenvalue weighted by molar-refractivity contribution is 0.521. The van der Waals surface area contributed by atoms with Gasteiger partial charge in [0.1, 0.15) is 18.3 Å². The molecule has 0 saturated carbocycles. The van der Waals surface area contributed by atoms with Crippen molar-refractivity contribution in [3.8, 4) is 0 Å². The van der Waals surface area contributed by atoms with E-state index >= 15 is 0 Å². The summed E-state index contributed by atoms with van der Waals surface area (Å²) in [5.41, 5.74) is 9.42. The van der Waals surface area contributed by atoms with Crippen LogP contribution in [0.5, 0.6) is 0 Å². The van der Waals surface area contributed by atoms with Crippen molar-refractivity contribution in [2.45, 2.75) is 206 Å². The second kappa shape index (κ2) is 82.7. The molecule has 3 aliphatic rings. The highest BCUT2D eigenvalue weighted by Gasteiger charge is 1.89. The summed E-state index contributed by atoms with van der Waals surface area (Å²) in [5, 5.41) is 5.12. The number of aryl methyl sites for hydroxylation is 6. The van der Waals surface area contributed by atoms with E-state index in [1.54, 1.807) is 72.1 Å². The van der Waals surface area contributed by atoms with E-state index in [2.05, 4.69) is 68.4 Å². The number of aromatic nitrogens is 6. The minimum absolute atomic E-state index is 0.718. The number of rotatable bonds is 0. The number of hydrogen-bond acceptors (Lipinski definition) is 15. The van der Waals surface area contributed by atoms with E-state index in [-0.39, 0.29) is 0 Å². The molecule has 0 bridgehead atoms. The Balaban J connectivity index is -0.0000000852. The maximum absolute atomic E-state index is 4.72.